The molecule has 1 N–H and O–H groups in total. The zero-order chi connectivity index (χ0) is 18.6. The molecule has 3 aliphatic rings. The number of nitrogens with one attached hydrogen (secondary N) is 1. The van der Waals surface area contributed by atoms with Crippen molar-refractivity contribution in [3.05, 3.63) is 17.6 Å². The van der Waals surface area contributed by atoms with Gasteiger partial charge < -0.3 is 15.1 Å². The number of amides is 1. The maximum Gasteiger partial charge on any atom is 0.222 e. The first-order chi connectivity index (χ1) is 13.2. The van der Waals surface area contributed by atoms with Crippen molar-refractivity contribution < 1.29 is 4.79 Å². The number of piperidine rings is 2. The average molecular weight is 372 g/mol. The van der Waals surface area contributed by atoms with Crippen molar-refractivity contribution in [1.29, 1.82) is 0 Å². The highest BCUT2D eigenvalue weighted by atomic mass is 16.2. The molecule has 1 unspecified atom stereocenters. The molecule has 3 aliphatic heterocycles. The molecule has 0 saturated carbocycles. The van der Waals surface area contributed by atoms with Crippen molar-refractivity contribution in [2.45, 2.75) is 57.8 Å². The molecular weight excluding hydrogens is 338 g/mol. The molecule has 3 saturated heterocycles. The predicted octanol–water partition coefficient (Wildman–Crippen LogP) is 2.48. The van der Waals surface area contributed by atoms with Gasteiger partial charge in [0.05, 0.1) is 5.69 Å². The molecule has 4 heterocycles. The topological polar surface area (TPSA) is 61.4 Å². The minimum atomic E-state index is 0.355. The maximum atomic E-state index is 11.8. The third-order valence-corrected chi connectivity index (χ3v) is 6.48. The Balaban J connectivity index is 1.32. The number of rotatable bonds is 5. The number of anilines is 1. The molecule has 1 aromatic rings. The Bertz CT molecular complexity index is 650. The summed E-state index contributed by atoms with van der Waals surface area (Å²) in [5, 5.41) is 3.50. The van der Waals surface area contributed by atoms with E-state index in [0.717, 1.165) is 76.1 Å². The molecule has 6 nitrogen and oxygen atoms in total. The molecule has 0 spiro atoms. The number of nitrogens with zero attached hydrogens (tertiary/aromatic N) is 4. The van der Waals surface area contributed by atoms with E-state index in [0.29, 0.717) is 11.8 Å². The van der Waals surface area contributed by atoms with Crippen molar-refractivity contribution in [2.24, 2.45) is 5.92 Å². The lowest BCUT2D eigenvalue weighted by Gasteiger charge is -2.34. The molecule has 0 aromatic carbocycles. The quantitative estimate of drug-likeness (QED) is 0.862. The summed E-state index contributed by atoms with van der Waals surface area (Å²) in [6.07, 6.45) is 7.81. The van der Waals surface area contributed by atoms with E-state index in [1.165, 1.54) is 31.4 Å². The monoisotopic (exact) mass is 371 g/mol. The Morgan fingerprint density at radius 2 is 2.00 bits per heavy atom. The van der Waals surface area contributed by atoms with Crippen molar-refractivity contribution in [1.82, 2.24) is 20.2 Å². The summed E-state index contributed by atoms with van der Waals surface area (Å²) in [5.74, 6) is 3.61. The van der Waals surface area contributed by atoms with E-state index in [4.69, 9.17) is 9.97 Å². The van der Waals surface area contributed by atoms with Crippen LogP contribution in [-0.4, -0.2) is 60.0 Å². The number of hydrogen-bond donors (Lipinski definition) is 1. The van der Waals surface area contributed by atoms with Gasteiger partial charge in [-0.15, -0.1) is 0 Å². The zero-order valence-electron chi connectivity index (χ0n) is 16.6. The van der Waals surface area contributed by atoms with E-state index < -0.39 is 0 Å². The number of hydrogen-bond acceptors (Lipinski definition) is 5. The van der Waals surface area contributed by atoms with Gasteiger partial charge in [0.15, 0.2) is 0 Å². The predicted molar refractivity (Wildman–Crippen MR) is 107 cm³/mol. The molecule has 6 heteroatoms. The van der Waals surface area contributed by atoms with Crippen molar-refractivity contribution in [3.63, 3.8) is 0 Å². The summed E-state index contributed by atoms with van der Waals surface area (Å²) in [4.78, 5) is 25.7. The second kappa shape index (κ2) is 8.55. The van der Waals surface area contributed by atoms with Gasteiger partial charge in [0.1, 0.15) is 11.6 Å². The number of aryl methyl sites for hydroxylation is 1. The number of likely N-dealkylation sites (tertiary alicyclic amines) is 1. The lowest BCUT2D eigenvalue weighted by atomic mass is 9.93. The first-order valence-electron chi connectivity index (χ1n) is 10.8. The molecule has 1 aromatic heterocycles. The summed E-state index contributed by atoms with van der Waals surface area (Å²) in [6, 6.07) is 2.23. The largest absolute Gasteiger partial charge is 0.356 e. The van der Waals surface area contributed by atoms with Crippen LogP contribution in [0.5, 0.6) is 0 Å². The van der Waals surface area contributed by atoms with Crippen LogP contribution in [0.25, 0.3) is 0 Å². The minimum Gasteiger partial charge on any atom is -0.356 e. The lowest BCUT2D eigenvalue weighted by molar-refractivity contribution is -0.127. The third-order valence-electron chi connectivity index (χ3n) is 6.48. The Hall–Kier alpha value is -1.69. The standard InChI is InChI=1S/C21H33N5O/c1-16-23-19(18-4-2-9-22-15-18)14-20(24-16)25-11-6-17(7-12-25)8-13-26-10-3-5-21(26)27/h14,17-18,22H,2-13,15H2,1H3. The highest BCUT2D eigenvalue weighted by Crippen LogP contribution is 2.28. The first-order valence-corrected chi connectivity index (χ1v) is 10.8. The van der Waals surface area contributed by atoms with Crippen molar-refractivity contribution in [3.8, 4) is 0 Å². The van der Waals surface area contributed by atoms with Gasteiger partial charge in [0.2, 0.25) is 5.91 Å². The van der Waals surface area contributed by atoms with Gasteiger partial charge in [-0.2, -0.15) is 0 Å². The smallest absolute Gasteiger partial charge is 0.222 e. The normalized spacial score (nSPS) is 24.6. The summed E-state index contributed by atoms with van der Waals surface area (Å²) in [7, 11) is 0. The van der Waals surface area contributed by atoms with Gasteiger partial charge in [0.25, 0.3) is 0 Å². The molecule has 1 atom stereocenters. The second-order valence-corrected chi connectivity index (χ2v) is 8.44. The van der Waals surface area contributed by atoms with E-state index in [-0.39, 0.29) is 0 Å². The molecule has 1 amide bonds. The Morgan fingerprint density at radius 1 is 1.15 bits per heavy atom. The van der Waals surface area contributed by atoms with E-state index in [1.807, 2.05) is 6.92 Å². The molecular formula is C21H33N5O. The van der Waals surface area contributed by atoms with Gasteiger partial charge in [-0.3, -0.25) is 4.79 Å². The summed E-state index contributed by atoms with van der Waals surface area (Å²) in [6.45, 7) is 8.24. The van der Waals surface area contributed by atoms with E-state index in [9.17, 15) is 4.79 Å². The third kappa shape index (κ3) is 4.60. The average Bonchev–Trinajstić information content (AvgIpc) is 3.12. The van der Waals surface area contributed by atoms with Crippen molar-refractivity contribution >= 4 is 11.7 Å². The Labute approximate surface area is 162 Å². The van der Waals surface area contributed by atoms with Crippen LogP contribution in [0.2, 0.25) is 0 Å². The lowest BCUT2D eigenvalue weighted by Crippen LogP contribution is -2.36. The Morgan fingerprint density at radius 3 is 2.70 bits per heavy atom. The molecule has 0 bridgehead atoms. The van der Waals surface area contributed by atoms with Gasteiger partial charge >= 0.3 is 0 Å². The zero-order valence-corrected chi connectivity index (χ0v) is 16.6. The van der Waals surface area contributed by atoms with Crippen LogP contribution < -0.4 is 10.2 Å². The second-order valence-electron chi connectivity index (χ2n) is 8.44. The molecule has 0 radical (unpaired) electrons. The van der Waals surface area contributed by atoms with E-state index in [1.54, 1.807) is 0 Å². The van der Waals surface area contributed by atoms with Gasteiger partial charge in [-0.05, 0) is 57.9 Å². The van der Waals surface area contributed by atoms with Crippen LogP contribution in [0.4, 0.5) is 5.82 Å². The van der Waals surface area contributed by atoms with Gasteiger partial charge in [-0.1, -0.05) is 0 Å². The molecule has 148 valence electrons. The summed E-state index contributed by atoms with van der Waals surface area (Å²) >= 11 is 0. The molecule has 3 fully saturated rings. The number of carbonyl (C=O) groups excluding carboxylic acids is 1. The van der Waals surface area contributed by atoms with E-state index >= 15 is 0 Å². The molecule has 27 heavy (non-hydrogen) atoms. The van der Waals surface area contributed by atoms with Crippen LogP contribution in [0, 0.1) is 12.8 Å². The highest BCUT2D eigenvalue weighted by Gasteiger charge is 2.25. The van der Waals surface area contributed by atoms with Crippen LogP contribution in [0.1, 0.15) is 62.4 Å². The minimum absolute atomic E-state index is 0.355. The number of aromatic nitrogens is 2. The number of carbonyl (C=O) groups is 1. The Kier molecular flexibility index (Phi) is 5.91. The fraction of sp³-hybridized carbons (Fsp3) is 0.762. The van der Waals surface area contributed by atoms with Crippen LogP contribution >= 0.6 is 0 Å². The van der Waals surface area contributed by atoms with Crippen LogP contribution in [-0.2, 0) is 4.79 Å². The van der Waals surface area contributed by atoms with Crippen LogP contribution in [0.15, 0.2) is 6.07 Å². The molecule has 0 aliphatic carbocycles. The SMILES string of the molecule is Cc1nc(C2CCCNC2)cc(N2CCC(CCN3CCCC3=O)CC2)n1. The fourth-order valence-corrected chi connectivity index (χ4v) is 4.78. The molecule has 4 rings (SSSR count). The van der Waals surface area contributed by atoms with Crippen molar-refractivity contribution in [2.75, 3.05) is 44.2 Å². The summed E-state index contributed by atoms with van der Waals surface area (Å²) in [5.41, 5.74) is 1.21. The van der Waals surface area contributed by atoms with Gasteiger partial charge in [0, 0.05) is 51.1 Å². The highest BCUT2D eigenvalue weighted by molar-refractivity contribution is 5.77. The summed E-state index contributed by atoms with van der Waals surface area (Å²) < 4.78 is 0. The first kappa shape index (κ1) is 18.7. The van der Waals surface area contributed by atoms with Gasteiger partial charge in [-0.25, -0.2) is 9.97 Å². The van der Waals surface area contributed by atoms with E-state index in [2.05, 4.69) is 21.2 Å². The fourth-order valence-electron chi connectivity index (χ4n) is 4.78. The maximum absolute atomic E-state index is 11.8. The van der Waals surface area contributed by atoms with Crippen LogP contribution in [0.3, 0.4) is 0 Å².